The van der Waals surface area contributed by atoms with Gasteiger partial charge in [-0.05, 0) is 19.4 Å². The Labute approximate surface area is 118 Å². The lowest BCUT2D eigenvalue weighted by molar-refractivity contribution is -0.149. The molecular weight excluding hydrogens is 254 g/mol. The van der Waals surface area contributed by atoms with Crippen molar-refractivity contribution >= 4 is 5.97 Å². The van der Waals surface area contributed by atoms with Gasteiger partial charge >= 0.3 is 5.97 Å². The number of carbonyl (C=O) groups excluding carboxylic acids is 1. The molecule has 2 rings (SSSR count). The summed E-state index contributed by atoms with van der Waals surface area (Å²) in [7, 11) is 0. The fraction of sp³-hybridized carbons (Fsp3) is 0.333. The molecule has 1 aromatic heterocycles. The maximum Gasteiger partial charge on any atom is 0.327 e. The van der Waals surface area contributed by atoms with E-state index in [0.29, 0.717) is 6.61 Å². The van der Waals surface area contributed by atoms with Crippen LogP contribution in [-0.4, -0.2) is 27.9 Å². The van der Waals surface area contributed by atoms with Gasteiger partial charge in [0.2, 0.25) is 0 Å². The van der Waals surface area contributed by atoms with Crippen LogP contribution in [0, 0.1) is 0 Å². The number of ether oxygens (including phenoxy) is 1. The van der Waals surface area contributed by atoms with Crippen LogP contribution in [0.1, 0.15) is 13.8 Å². The first-order valence-corrected chi connectivity index (χ1v) is 6.57. The van der Waals surface area contributed by atoms with Crippen molar-refractivity contribution in [1.29, 1.82) is 0 Å². The summed E-state index contributed by atoms with van der Waals surface area (Å²) in [5.74, 6) is -0.420. The second kappa shape index (κ2) is 5.88. The second-order valence-electron chi connectivity index (χ2n) is 4.93. The Hall–Kier alpha value is -2.14. The number of benzene rings is 1. The number of hydrogen-bond donors (Lipinski definition) is 1. The third-order valence-corrected chi connectivity index (χ3v) is 2.97. The number of esters is 1. The Morgan fingerprint density at radius 1 is 1.35 bits per heavy atom. The summed E-state index contributed by atoms with van der Waals surface area (Å²) in [6.07, 6.45) is 3.64. The molecule has 0 aliphatic rings. The standard InChI is InChI=1S/C15H19N3O2/c1-3-20-14(19)15(2,16)11-18-10-13(9-17-18)12-7-5-4-6-8-12/h4-10H,3,11,16H2,1-2H3. The van der Waals surface area contributed by atoms with Crippen molar-refractivity contribution in [2.75, 3.05) is 6.61 Å². The largest absolute Gasteiger partial charge is 0.465 e. The maximum absolute atomic E-state index is 11.8. The lowest BCUT2D eigenvalue weighted by Gasteiger charge is -2.21. The average molecular weight is 273 g/mol. The van der Waals surface area contributed by atoms with Crippen molar-refractivity contribution in [3.63, 3.8) is 0 Å². The van der Waals surface area contributed by atoms with Gasteiger partial charge in [-0.2, -0.15) is 5.10 Å². The zero-order chi connectivity index (χ0) is 14.6. The first-order chi connectivity index (χ1) is 9.53. The minimum atomic E-state index is -1.09. The van der Waals surface area contributed by atoms with E-state index >= 15 is 0 Å². The molecule has 1 atom stereocenters. The van der Waals surface area contributed by atoms with E-state index in [9.17, 15) is 4.79 Å². The minimum Gasteiger partial charge on any atom is -0.465 e. The number of nitrogens with two attached hydrogens (primary N) is 1. The lowest BCUT2D eigenvalue weighted by atomic mass is 10.1. The summed E-state index contributed by atoms with van der Waals surface area (Å²) in [5, 5.41) is 4.25. The van der Waals surface area contributed by atoms with Crippen LogP contribution in [0.5, 0.6) is 0 Å². The quantitative estimate of drug-likeness (QED) is 0.844. The highest BCUT2D eigenvalue weighted by Crippen LogP contribution is 2.18. The van der Waals surface area contributed by atoms with E-state index in [1.54, 1.807) is 24.7 Å². The lowest BCUT2D eigenvalue weighted by Crippen LogP contribution is -2.49. The molecule has 106 valence electrons. The topological polar surface area (TPSA) is 70.1 Å². The van der Waals surface area contributed by atoms with E-state index in [-0.39, 0.29) is 6.54 Å². The molecule has 2 N–H and O–H groups in total. The zero-order valence-corrected chi connectivity index (χ0v) is 11.7. The highest BCUT2D eigenvalue weighted by Gasteiger charge is 2.30. The molecule has 0 aliphatic heterocycles. The molecule has 0 saturated carbocycles. The van der Waals surface area contributed by atoms with Gasteiger partial charge in [-0.1, -0.05) is 30.3 Å². The van der Waals surface area contributed by atoms with Crippen LogP contribution in [0.2, 0.25) is 0 Å². The monoisotopic (exact) mass is 273 g/mol. The van der Waals surface area contributed by atoms with E-state index in [2.05, 4.69) is 5.10 Å². The summed E-state index contributed by atoms with van der Waals surface area (Å²) >= 11 is 0. The van der Waals surface area contributed by atoms with Crippen molar-refractivity contribution in [2.45, 2.75) is 25.9 Å². The molecule has 0 saturated heterocycles. The average Bonchev–Trinajstić information content (AvgIpc) is 2.88. The maximum atomic E-state index is 11.8. The molecule has 1 unspecified atom stereocenters. The molecule has 0 spiro atoms. The van der Waals surface area contributed by atoms with Crippen LogP contribution in [0.25, 0.3) is 11.1 Å². The summed E-state index contributed by atoms with van der Waals surface area (Å²) in [6, 6.07) is 9.92. The predicted molar refractivity (Wildman–Crippen MR) is 76.9 cm³/mol. The van der Waals surface area contributed by atoms with Crippen LogP contribution < -0.4 is 5.73 Å². The first-order valence-electron chi connectivity index (χ1n) is 6.57. The van der Waals surface area contributed by atoms with Crippen LogP contribution in [0.4, 0.5) is 0 Å². The first kappa shape index (κ1) is 14.3. The third-order valence-electron chi connectivity index (χ3n) is 2.97. The molecule has 2 aromatic rings. The van der Waals surface area contributed by atoms with Crippen LogP contribution in [0.15, 0.2) is 42.7 Å². The Morgan fingerprint density at radius 2 is 2.05 bits per heavy atom. The van der Waals surface area contributed by atoms with Crippen molar-refractivity contribution < 1.29 is 9.53 Å². The summed E-state index contributed by atoms with van der Waals surface area (Å²) in [5.41, 5.74) is 6.97. The van der Waals surface area contributed by atoms with E-state index in [1.807, 2.05) is 36.5 Å². The molecular formula is C15H19N3O2. The van der Waals surface area contributed by atoms with Gasteiger partial charge in [0.25, 0.3) is 0 Å². The SMILES string of the molecule is CCOC(=O)C(C)(N)Cn1cc(-c2ccccc2)cn1. The molecule has 1 aromatic carbocycles. The minimum absolute atomic E-state index is 0.276. The molecule has 0 aliphatic carbocycles. The van der Waals surface area contributed by atoms with E-state index < -0.39 is 11.5 Å². The fourth-order valence-corrected chi connectivity index (χ4v) is 1.93. The van der Waals surface area contributed by atoms with Gasteiger partial charge in [0.15, 0.2) is 0 Å². The third kappa shape index (κ3) is 3.24. The van der Waals surface area contributed by atoms with Gasteiger partial charge in [0.05, 0.1) is 19.3 Å². The second-order valence-corrected chi connectivity index (χ2v) is 4.93. The molecule has 20 heavy (non-hydrogen) atoms. The van der Waals surface area contributed by atoms with Crippen molar-refractivity contribution in [2.24, 2.45) is 5.73 Å². The Bertz CT molecular complexity index is 576. The molecule has 0 fully saturated rings. The van der Waals surface area contributed by atoms with E-state index in [4.69, 9.17) is 10.5 Å². The Balaban J connectivity index is 2.12. The zero-order valence-electron chi connectivity index (χ0n) is 11.7. The smallest absolute Gasteiger partial charge is 0.327 e. The normalized spacial score (nSPS) is 13.8. The van der Waals surface area contributed by atoms with E-state index in [0.717, 1.165) is 11.1 Å². The molecule has 0 bridgehead atoms. The Kier molecular flexibility index (Phi) is 4.20. The fourth-order valence-electron chi connectivity index (χ4n) is 1.93. The molecule has 5 nitrogen and oxygen atoms in total. The van der Waals surface area contributed by atoms with Crippen molar-refractivity contribution in [1.82, 2.24) is 9.78 Å². The summed E-state index contributed by atoms with van der Waals surface area (Å²) in [6.45, 7) is 4.00. The molecule has 0 amide bonds. The molecule has 1 heterocycles. The highest BCUT2D eigenvalue weighted by atomic mass is 16.5. The van der Waals surface area contributed by atoms with Gasteiger partial charge in [0.1, 0.15) is 5.54 Å². The number of rotatable bonds is 5. The molecule has 0 radical (unpaired) electrons. The van der Waals surface area contributed by atoms with Crippen molar-refractivity contribution in [3.8, 4) is 11.1 Å². The summed E-state index contributed by atoms with van der Waals surface area (Å²) in [4.78, 5) is 11.8. The number of carbonyl (C=O) groups is 1. The molecule has 5 heteroatoms. The van der Waals surface area contributed by atoms with Crippen LogP contribution in [0.3, 0.4) is 0 Å². The number of hydrogen-bond acceptors (Lipinski definition) is 4. The van der Waals surface area contributed by atoms with Gasteiger partial charge in [-0.15, -0.1) is 0 Å². The highest BCUT2D eigenvalue weighted by molar-refractivity contribution is 5.79. The number of nitrogens with zero attached hydrogens (tertiary/aromatic N) is 2. The predicted octanol–water partition coefficient (Wildman–Crippen LogP) is 1.83. The van der Waals surface area contributed by atoms with Gasteiger partial charge < -0.3 is 10.5 Å². The van der Waals surface area contributed by atoms with Gasteiger partial charge in [0, 0.05) is 11.8 Å². The summed E-state index contributed by atoms with van der Waals surface area (Å²) < 4.78 is 6.63. The van der Waals surface area contributed by atoms with Crippen molar-refractivity contribution in [3.05, 3.63) is 42.7 Å². The number of aromatic nitrogens is 2. The van der Waals surface area contributed by atoms with Gasteiger partial charge in [-0.3, -0.25) is 4.68 Å². The van der Waals surface area contributed by atoms with Gasteiger partial charge in [-0.25, -0.2) is 4.79 Å². The Morgan fingerprint density at radius 3 is 2.70 bits per heavy atom. The van der Waals surface area contributed by atoms with Crippen LogP contribution in [-0.2, 0) is 16.1 Å². The van der Waals surface area contributed by atoms with Crippen LogP contribution >= 0.6 is 0 Å². The van der Waals surface area contributed by atoms with E-state index in [1.165, 1.54) is 0 Å².